The number of nitrogens with zero attached hydrogens (tertiary/aromatic N) is 4. The summed E-state index contributed by atoms with van der Waals surface area (Å²) in [7, 11) is 0. The van der Waals surface area contributed by atoms with E-state index in [4.69, 9.17) is 9.97 Å². The molecule has 0 aliphatic rings. The van der Waals surface area contributed by atoms with Crippen LogP contribution in [0.4, 0.5) is 0 Å². The third kappa shape index (κ3) is 5.26. The van der Waals surface area contributed by atoms with E-state index >= 15 is 0 Å². The standard InChI is InChI=1S/C51H32N4/c1-3-13-41-37(10-1)31-38-11-2-4-14-42(38)50(41)47-32-46(34-23-26-40(27-24-34)55-48-17-7-5-15-43(48)44-16-6-8-18-49(44)55)53-51(54-47)35-21-19-33(20-22-35)36-25-28-45-39(30-36)12-9-29-52-45/h1-32H. The predicted molar refractivity (Wildman–Crippen MR) is 228 cm³/mol. The van der Waals surface area contributed by atoms with Gasteiger partial charge in [-0.3, -0.25) is 4.98 Å². The number of para-hydroxylation sites is 2. The summed E-state index contributed by atoms with van der Waals surface area (Å²) < 4.78 is 2.35. The highest BCUT2D eigenvalue weighted by Gasteiger charge is 2.17. The fourth-order valence-electron chi connectivity index (χ4n) is 8.19. The molecular weight excluding hydrogens is 669 g/mol. The molecule has 0 N–H and O–H groups in total. The van der Waals surface area contributed by atoms with Crippen LogP contribution >= 0.6 is 0 Å². The van der Waals surface area contributed by atoms with Gasteiger partial charge in [-0.15, -0.1) is 0 Å². The van der Waals surface area contributed by atoms with E-state index in [1.165, 1.54) is 43.4 Å². The minimum atomic E-state index is 0.685. The number of aromatic nitrogens is 4. The molecule has 3 heterocycles. The molecule has 0 radical (unpaired) electrons. The largest absolute Gasteiger partial charge is 0.309 e. The molecule has 0 aliphatic heterocycles. The normalized spacial score (nSPS) is 11.6. The summed E-state index contributed by atoms with van der Waals surface area (Å²) >= 11 is 0. The van der Waals surface area contributed by atoms with Gasteiger partial charge in [-0.1, -0.05) is 133 Å². The Kier molecular flexibility index (Phi) is 7.14. The Hall–Kier alpha value is -7.43. The van der Waals surface area contributed by atoms with Crippen LogP contribution < -0.4 is 0 Å². The lowest BCUT2D eigenvalue weighted by atomic mass is 9.94. The average molecular weight is 701 g/mol. The van der Waals surface area contributed by atoms with Crippen molar-refractivity contribution in [3.8, 4) is 50.7 Å². The molecule has 8 aromatic carbocycles. The van der Waals surface area contributed by atoms with Crippen molar-refractivity contribution in [3.05, 3.63) is 194 Å². The molecule has 0 aliphatic carbocycles. The van der Waals surface area contributed by atoms with Crippen molar-refractivity contribution in [3.63, 3.8) is 0 Å². The van der Waals surface area contributed by atoms with Crippen LogP contribution in [-0.2, 0) is 0 Å². The third-order valence-electron chi connectivity index (χ3n) is 10.8. The van der Waals surface area contributed by atoms with Crippen LogP contribution in [0.5, 0.6) is 0 Å². The minimum absolute atomic E-state index is 0.685. The summed E-state index contributed by atoms with van der Waals surface area (Å²) in [5.41, 5.74) is 11.6. The molecule has 256 valence electrons. The fraction of sp³-hybridized carbons (Fsp3) is 0. The second-order valence-corrected chi connectivity index (χ2v) is 14.1. The van der Waals surface area contributed by atoms with Gasteiger partial charge in [0, 0.05) is 44.7 Å². The summed E-state index contributed by atoms with van der Waals surface area (Å²) in [6.07, 6.45) is 1.83. The van der Waals surface area contributed by atoms with Crippen LogP contribution in [-0.4, -0.2) is 19.5 Å². The molecule has 0 saturated heterocycles. The lowest BCUT2D eigenvalue weighted by Gasteiger charge is -2.15. The molecule has 11 rings (SSSR count). The highest BCUT2D eigenvalue weighted by molar-refractivity contribution is 6.12. The van der Waals surface area contributed by atoms with Crippen molar-refractivity contribution >= 4 is 54.3 Å². The maximum atomic E-state index is 5.35. The van der Waals surface area contributed by atoms with E-state index < -0.39 is 0 Å². The summed E-state index contributed by atoms with van der Waals surface area (Å²) in [4.78, 5) is 15.1. The van der Waals surface area contributed by atoms with Gasteiger partial charge in [-0.05, 0) is 87.3 Å². The minimum Gasteiger partial charge on any atom is -0.309 e. The molecule has 0 bridgehead atoms. The zero-order valence-corrected chi connectivity index (χ0v) is 29.8. The first-order valence-corrected chi connectivity index (χ1v) is 18.6. The molecular formula is C51H32N4. The molecule has 4 heteroatoms. The van der Waals surface area contributed by atoms with E-state index in [2.05, 4.69) is 192 Å². The van der Waals surface area contributed by atoms with Crippen LogP contribution in [0, 0.1) is 0 Å². The van der Waals surface area contributed by atoms with E-state index in [0.717, 1.165) is 55.8 Å². The molecule has 3 aromatic heterocycles. The van der Waals surface area contributed by atoms with Crippen LogP contribution in [0.3, 0.4) is 0 Å². The van der Waals surface area contributed by atoms with E-state index in [9.17, 15) is 0 Å². The van der Waals surface area contributed by atoms with Crippen LogP contribution in [0.1, 0.15) is 0 Å². The second kappa shape index (κ2) is 12.6. The summed E-state index contributed by atoms with van der Waals surface area (Å²) in [6, 6.07) is 66.7. The van der Waals surface area contributed by atoms with Gasteiger partial charge in [0.1, 0.15) is 0 Å². The Morgan fingerprint density at radius 1 is 0.364 bits per heavy atom. The molecule has 0 atom stereocenters. The van der Waals surface area contributed by atoms with E-state index in [1.807, 2.05) is 12.3 Å². The molecule has 11 aromatic rings. The number of rotatable bonds is 5. The Balaban J connectivity index is 1.08. The van der Waals surface area contributed by atoms with Crippen molar-refractivity contribution in [2.75, 3.05) is 0 Å². The third-order valence-corrected chi connectivity index (χ3v) is 10.8. The van der Waals surface area contributed by atoms with Crippen LogP contribution in [0.25, 0.3) is 105 Å². The maximum absolute atomic E-state index is 5.35. The van der Waals surface area contributed by atoms with Crippen molar-refractivity contribution < 1.29 is 0 Å². The highest BCUT2D eigenvalue weighted by atomic mass is 15.0. The molecule has 0 spiro atoms. The lowest BCUT2D eigenvalue weighted by Crippen LogP contribution is -1.98. The van der Waals surface area contributed by atoms with Gasteiger partial charge >= 0.3 is 0 Å². The monoisotopic (exact) mass is 700 g/mol. The van der Waals surface area contributed by atoms with Gasteiger partial charge in [0.05, 0.1) is 27.9 Å². The zero-order valence-electron chi connectivity index (χ0n) is 29.8. The molecule has 0 amide bonds. The summed E-state index contributed by atoms with van der Waals surface area (Å²) in [5.74, 6) is 0.685. The highest BCUT2D eigenvalue weighted by Crippen LogP contribution is 2.39. The van der Waals surface area contributed by atoms with Gasteiger partial charge in [0.25, 0.3) is 0 Å². The Labute approximate surface area is 317 Å². The number of fused-ring (bicyclic) bond motifs is 6. The number of pyridine rings is 1. The smallest absolute Gasteiger partial charge is 0.160 e. The summed E-state index contributed by atoms with van der Waals surface area (Å²) in [5, 5.41) is 8.32. The Morgan fingerprint density at radius 3 is 1.60 bits per heavy atom. The lowest BCUT2D eigenvalue weighted by molar-refractivity contribution is 1.17. The first-order valence-electron chi connectivity index (χ1n) is 18.6. The van der Waals surface area contributed by atoms with Gasteiger partial charge in [-0.25, -0.2) is 9.97 Å². The number of hydrogen-bond acceptors (Lipinski definition) is 3. The van der Waals surface area contributed by atoms with Crippen LogP contribution in [0.15, 0.2) is 194 Å². The first kappa shape index (κ1) is 31.1. The van der Waals surface area contributed by atoms with Crippen molar-refractivity contribution in [1.29, 1.82) is 0 Å². The van der Waals surface area contributed by atoms with Gasteiger partial charge in [-0.2, -0.15) is 0 Å². The Bertz CT molecular complexity index is 3140. The molecule has 0 unspecified atom stereocenters. The Morgan fingerprint density at radius 2 is 0.909 bits per heavy atom. The van der Waals surface area contributed by atoms with Crippen molar-refractivity contribution in [2.24, 2.45) is 0 Å². The van der Waals surface area contributed by atoms with Gasteiger partial charge in [0.2, 0.25) is 0 Å². The molecule has 55 heavy (non-hydrogen) atoms. The molecule has 0 saturated carbocycles. The maximum Gasteiger partial charge on any atom is 0.160 e. The SMILES string of the molecule is c1cnc2ccc(-c3ccc(-c4nc(-c5ccc(-n6c7ccccc7c7ccccc76)cc5)cc(-c5c6ccccc6cc6ccccc56)n4)cc3)cc2c1. The van der Waals surface area contributed by atoms with Crippen molar-refractivity contribution in [1.82, 2.24) is 19.5 Å². The van der Waals surface area contributed by atoms with Crippen molar-refractivity contribution in [2.45, 2.75) is 0 Å². The van der Waals surface area contributed by atoms with E-state index in [1.54, 1.807) is 0 Å². The predicted octanol–water partition coefficient (Wildman–Crippen LogP) is 13.1. The van der Waals surface area contributed by atoms with Crippen LogP contribution in [0.2, 0.25) is 0 Å². The number of hydrogen-bond donors (Lipinski definition) is 0. The van der Waals surface area contributed by atoms with E-state index in [-0.39, 0.29) is 0 Å². The first-order chi connectivity index (χ1) is 27.2. The molecule has 0 fully saturated rings. The number of benzene rings is 8. The van der Waals surface area contributed by atoms with E-state index in [0.29, 0.717) is 5.82 Å². The van der Waals surface area contributed by atoms with Gasteiger partial charge in [0.15, 0.2) is 5.82 Å². The van der Waals surface area contributed by atoms with Gasteiger partial charge < -0.3 is 4.57 Å². The quantitative estimate of drug-likeness (QED) is 0.168. The summed E-state index contributed by atoms with van der Waals surface area (Å²) in [6.45, 7) is 0. The average Bonchev–Trinajstić information content (AvgIpc) is 3.59. The second-order valence-electron chi connectivity index (χ2n) is 14.1. The zero-order chi connectivity index (χ0) is 36.3. The molecule has 4 nitrogen and oxygen atoms in total. The topological polar surface area (TPSA) is 43.6 Å². The fourth-order valence-corrected chi connectivity index (χ4v) is 8.19.